The predicted molar refractivity (Wildman–Crippen MR) is 55.8 cm³/mol. The van der Waals surface area contributed by atoms with Gasteiger partial charge in [-0.25, -0.2) is 0 Å². The Balaban J connectivity index is 2.88. The molecule has 1 rings (SSSR count). The van der Waals surface area contributed by atoms with Crippen molar-refractivity contribution in [3.8, 4) is 0 Å². The molecule has 1 aromatic heterocycles. The lowest BCUT2D eigenvalue weighted by atomic mass is 10.2. The van der Waals surface area contributed by atoms with E-state index in [2.05, 4.69) is 10.3 Å². The van der Waals surface area contributed by atoms with Gasteiger partial charge >= 0.3 is 0 Å². The van der Waals surface area contributed by atoms with E-state index in [-0.39, 0.29) is 23.6 Å². The van der Waals surface area contributed by atoms with Crippen LogP contribution < -0.4 is 10.7 Å². The van der Waals surface area contributed by atoms with Crippen molar-refractivity contribution >= 4 is 5.91 Å². The zero-order valence-corrected chi connectivity index (χ0v) is 8.70. The smallest absolute Gasteiger partial charge is 0.257 e. The second kappa shape index (κ2) is 4.75. The molecule has 5 nitrogen and oxygen atoms in total. The van der Waals surface area contributed by atoms with Crippen molar-refractivity contribution in [3.63, 3.8) is 0 Å². The molecule has 1 heterocycles. The molecule has 1 unspecified atom stereocenters. The molecule has 15 heavy (non-hydrogen) atoms. The second-order valence-electron chi connectivity index (χ2n) is 3.45. The molecule has 0 saturated carbocycles. The lowest BCUT2D eigenvalue weighted by Crippen LogP contribution is -2.37. The molecular formula is C10H14N2O3. The number of nitrogens with one attached hydrogen (secondary N) is 2. The molecule has 0 aliphatic heterocycles. The number of aliphatic hydroxyl groups excluding tert-OH is 1. The molecular weight excluding hydrogens is 196 g/mol. The van der Waals surface area contributed by atoms with Crippen molar-refractivity contribution in [1.82, 2.24) is 10.3 Å². The summed E-state index contributed by atoms with van der Waals surface area (Å²) in [5.74, 6) is -0.474. The van der Waals surface area contributed by atoms with Gasteiger partial charge in [0, 0.05) is 24.0 Å². The third-order valence-electron chi connectivity index (χ3n) is 1.95. The Labute approximate surface area is 87.1 Å². The van der Waals surface area contributed by atoms with Gasteiger partial charge in [0.05, 0.1) is 6.61 Å². The van der Waals surface area contributed by atoms with Crippen molar-refractivity contribution in [3.05, 3.63) is 33.7 Å². The number of carbonyl (C=O) groups is 1. The standard InChI is InChI=1S/C10H14N2O3/c1-6-3-9(14)8(4-11-6)10(15)12-7(2)5-13/h3-4,7,13H,5H2,1-2H3,(H,11,14)(H,12,15). The summed E-state index contributed by atoms with van der Waals surface area (Å²) < 4.78 is 0. The summed E-state index contributed by atoms with van der Waals surface area (Å²) in [4.78, 5) is 25.7. The number of hydrogen-bond donors (Lipinski definition) is 3. The van der Waals surface area contributed by atoms with E-state index >= 15 is 0 Å². The minimum atomic E-state index is -0.474. The van der Waals surface area contributed by atoms with Gasteiger partial charge in [-0.1, -0.05) is 0 Å². The summed E-state index contributed by atoms with van der Waals surface area (Å²) in [5, 5.41) is 11.2. The van der Waals surface area contributed by atoms with Crippen LogP contribution in [0.5, 0.6) is 0 Å². The minimum absolute atomic E-state index is 0.0564. The first-order valence-electron chi connectivity index (χ1n) is 4.65. The van der Waals surface area contributed by atoms with Crippen LogP contribution in [0.1, 0.15) is 23.0 Å². The number of pyridine rings is 1. The number of hydrogen-bond acceptors (Lipinski definition) is 3. The molecule has 1 atom stereocenters. The Morgan fingerprint density at radius 2 is 2.33 bits per heavy atom. The highest BCUT2D eigenvalue weighted by Gasteiger charge is 2.12. The fourth-order valence-electron chi connectivity index (χ4n) is 1.10. The molecule has 0 bridgehead atoms. The number of aromatic amines is 1. The molecule has 0 radical (unpaired) electrons. The molecule has 82 valence electrons. The van der Waals surface area contributed by atoms with Gasteiger partial charge < -0.3 is 15.4 Å². The third-order valence-corrected chi connectivity index (χ3v) is 1.95. The largest absolute Gasteiger partial charge is 0.394 e. The number of H-pyrrole nitrogens is 1. The molecule has 0 aliphatic carbocycles. The summed E-state index contributed by atoms with van der Waals surface area (Å²) in [6.07, 6.45) is 1.37. The Morgan fingerprint density at radius 1 is 1.67 bits per heavy atom. The molecule has 0 saturated heterocycles. The topological polar surface area (TPSA) is 82.2 Å². The van der Waals surface area contributed by atoms with E-state index in [1.165, 1.54) is 12.3 Å². The van der Waals surface area contributed by atoms with Crippen LogP contribution in [0.15, 0.2) is 17.1 Å². The summed E-state index contributed by atoms with van der Waals surface area (Å²) in [6.45, 7) is 3.23. The van der Waals surface area contributed by atoms with E-state index in [9.17, 15) is 9.59 Å². The molecule has 1 amide bonds. The normalized spacial score (nSPS) is 12.2. The van der Waals surface area contributed by atoms with E-state index in [1.807, 2.05) is 0 Å². The minimum Gasteiger partial charge on any atom is -0.394 e. The lowest BCUT2D eigenvalue weighted by molar-refractivity contribution is 0.0921. The monoisotopic (exact) mass is 210 g/mol. The van der Waals surface area contributed by atoms with Gasteiger partial charge in [0.15, 0.2) is 5.43 Å². The highest BCUT2D eigenvalue weighted by atomic mass is 16.3. The van der Waals surface area contributed by atoms with Gasteiger partial charge in [0.25, 0.3) is 5.91 Å². The number of aliphatic hydroxyl groups is 1. The first kappa shape index (κ1) is 11.5. The zero-order chi connectivity index (χ0) is 11.4. The van der Waals surface area contributed by atoms with E-state index in [0.717, 1.165) is 0 Å². The maximum Gasteiger partial charge on any atom is 0.257 e. The van der Waals surface area contributed by atoms with Crippen LogP contribution in [-0.4, -0.2) is 28.6 Å². The van der Waals surface area contributed by atoms with Crippen LogP contribution in [0.25, 0.3) is 0 Å². The Bertz CT molecular complexity index is 411. The zero-order valence-electron chi connectivity index (χ0n) is 8.70. The maximum absolute atomic E-state index is 11.5. The van der Waals surface area contributed by atoms with Gasteiger partial charge in [-0.2, -0.15) is 0 Å². The predicted octanol–water partition coefficient (Wildman–Crippen LogP) is -0.206. The second-order valence-corrected chi connectivity index (χ2v) is 3.45. The highest BCUT2D eigenvalue weighted by molar-refractivity contribution is 5.93. The van der Waals surface area contributed by atoms with Gasteiger partial charge in [-0.3, -0.25) is 9.59 Å². The van der Waals surface area contributed by atoms with Crippen LogP contribution in [0.2, 0.25) is 0 Å². The number of carbonyl (C=O) groups excluding carboxylic acids is 1. The number of amides is 1. The molecule has 5 heteroatoms. The molecule has 1 aromatic rings. The molecule has 3 N–H and O–H groups in total. The summed E-state index contributed by atoms with van der Waals surface area (Å²) in [5.41, 5.74) is 0.432. The average Bonchev–Trinajstić information content (AvgIpc) is 2.17. The van der Waals surface area contributed by atoms with Crippen molar-refractivity contribution in [2.24, 2.45) is 0 Å². The first-order valence-corrected chi connectivity index (χ1v) is 4.65. The fourth-order valence-corrected chi connectivity index (χ4v) is 1.10. The van der Waals surface area contributed by atoms with Crippen LogP contribution in [0, 0.1) is 6.92 Å². The molecule has 0 aliphatic rings. The third kappa shape index (κ3) is 2.92. The Kier molecular flexibility index (Phi) is 3.62. The molecule has 0 spiro atoms. The van der Waals surface area contributed by atoms with Crippen molar-refractivity contribution in [2.75, 3.05) is 6.61 Å². The van der Waals surface area contributed by atoms with Crippen molar-refractivity contribution < 1.29 is 9.90 Å². The van der Waals surface area contributed by atoms with E-state index in [4.69, 9.17) is 5.11 Å². The van der Waals surface area contributed by atoms with Gasteiger partial charge in [0.2, 0.25) is 0 Å². The lowest BCUT2D eigenvalue weighted by Gasteiger charge is -2.10. The van der Waals surface area contributed by atoms with Crippen LogP contribution in [-0.2, 0) is 0 Å². The summed E-state index contributed by atoms with van der Waals surface area (Å²) in [7, 11) is 0. The Morgan fingerprint density at radius 3 is 2.87 bits per heavy atom. The van der Waals surface area contributed by atoms with Crippen LogP contribution in [0.4, 0.5) is 0 Å². The summed E-state index contributed by atoms with van der Waals surface area (Å²) in [6, 6.07) is 0.997. The van der Waals surface area contributed by atoms with Crippen LogP contribution >= 0.6 is 0 Å². The average molecular weight is 210 g/mol. The number of aryl methyl sites for hydroxylation is 1. The van der Waals surface area contributed by atoms with Gasteiger partial charge in [0.1, 0.15) is 5.56 Å². The van der Waals surface area contributed by atoms with E-state index in [0.29, 0.717) is 5.69 Å². The van der Waals surface area contributed by atoms with Crippen LogP contribution in [0.3, 0.4) is 0 Å². The maximum atomic E-state index is 11.5. The fraction of sp³-hybridized carbons (Fsp3) is 0.400. The van der Waals surface area contributed by atoms with Gasteiger partial charge in [-0.15, -0.1) is 0 Å². The summed E-state index contributed by atoms with van der Waals surface area (Å²) >= 11 is 0. The highest BCUT2D eigenvalue weighted by Crippen LogP contribution is 1.93. The van der Waals surface area contributed by atoms with Crippen molar-refractivity contribution in [2.45, 2.75) is 19.9 Å². The van der Waals surface area contributed by atoms with Gasteiger partial charge in [-0.05, 0) is 13.8 Å². The number of rotatable bonds is 3. The first-order chi connectivity index (χ1) is 7.04. The van der Waals surface area contributed by atoms with E-state index in [1.54, 1.807) is 13.8 Å². The molecule has 0 fully saturated rings. The number of aromatic nitrogens is 1. The molecule has 0 aromatic carbocycles. The quantitative estimate of drug-likeness (QED) is 0.645. The Hall–Kier alpha value is -1.62. The van der Waals surface area contributed by atoms with E-state index < -0.39 is 5.91 Å². The van der Waals surface area contributed by atoms with Crippen molar-refractivity contribution in [1.29, 1.82) is 0 Å². The SMILES string of the molecule is Cc1cc(=O)c(C(=O)NC(C)CO)c[nH]1.